The van der Waals surface area contributed by atoms with Crippen LogP contribution < -0.4 is 5.32 Å². The van der Waals surface area contributed by atoms with E-state index in [1.165, 1.54) is 44.2 Å². The van der Waals surface area contributed by atoms with E-state index in [2.05, 4.69) is 37.6 Å². The van der Waals surface area contributed by atoms with Gasteiger partial charge in [0.1, 0.15) is 0 Å². The Kier molecular flexibility index (Phi) is 4.50. The van der Waals surface area contributed by atoms with Crippen LogP contribution >= 0.6 is 0 Å². The molecule has 2 aliphatic rings. The molecule has 2 fully saturated rings. The van der Waals surface area contributed by atoms with E-state index in [0.717, 1.165) is 25.0 Å². The number of fused-ring (bicyclic) bond motifs is 1. The Balaban J connectivity index is 1.79. The lowest BCUT2D eigenvalue weighted by Crippen LogP contribution is -2.45. The van der Waals surface area contributed by atoms with Crippen LogP contribution in [0.4, 0.5) is 0 Å². The summed E-state index contributed by atoms with van der Waals surface area (Å²) in [6.07, 6.45) is 7.19. The number of nitrogens with one attached hydrogen (secondary N) is 1. The van der Waals surface area contributed by atoms with Gasteiger partial charge in [0.05, 0.1) is 0 Å². The summed E-state index contributed by atoms with van der Waals surface area (Å²) in [5.41, 5.74) is 1.54. The first-order chi connectivity index (χ1) is 8.46. The Hall–Kier alpha value is -0.340. The van der Waals surface area contributed by atoms with Gasteiger partial charge in [-0.15, -0.1) is 0 Å². The van der Waals surface area contributed by atoms with Gasteiger partial charge in [-0.3, -0.25) is 4.90 Å². The van der Waals surface area contributed by atoms with Gasteiger partial charge in [-0.1, -0.05) is 13.0 Å². The molecule has 104 valence electrons. The highest BCUT2D eigenvalue weighted by Crippen LogP contribution is 2.36. The summed E-state index contributed by atoms with van der Waals surface area (Å²) in [4.78, 5) is 2.70. The molecule has 0 aromatic rings. The highest BCUT2D eigenvalue weighted by Gasteiger charge is 2.34. The summed E-state index contributed by atoms with van der Waals surface area (Å²) < 4.78 is 0. The van der Waals surface area contributed by atoms with Gasteiger partial charge in [0, 0.05) is 24.7 Å². The Labute approximate surface area is 113 Å². The molecule has 1 saturated heterocycles. The van der Waals surface area contributed by atoms with Gasteiger partial charge in [0.2, 0.25) is 0 Å². The monoisotopic (exact) mass is 250 g/mol. The number of hydrogen-bond acceptors (Lipinski definition) is 2. The van der Waals surface area contributed by atoms with E-state index in [9.17, 15) is 0 Å². The fraction of sp³-hybridized carbons (Fsp3) is 0.875. The molecule has 1 heterocycles. The zero-order valence-electron chi connectivity index (χ0n) is 12.5. The van der Waals surface area contributed by atoms with Gasteiger partial charge in [-0.25, -0.2) is 0 Å². The van der Waals surface area contributed by atoms with Crippen molar-refractivity contribution >= 4 is 0 Å². The van der Waals surface area contributed by atoms with Crippen molar-refractivity contribution in [2.45, 2.75) is 64.5 Å². The van der Waals surface area contributed by atoms with Crippen molar-refractivity contribution in [3.63, 3.8) is 0 Å². The Morgan fingerprint density at radius 3 is 2.67 bits per heavy atom. The minimum Gasteiger partial charge on any atom is -0.308 e. The predicted octanol–water partition coefficient (Wildman–Crippen LogP) is 3.20. The summed E-state index contributed by atoms with van der Waals surface area (Å²) in [7, 11) is 0. The van der Waals surface area contributed by atoms with Crippen LogP contribution in [-0.4, -0.2) is 36.1 Å². The second kappa shape index (κ2) is 5.75. The minimum absolute atomic E-state index is 0.195. The first-order valence-electron chi connectivity index (χ1n) is 7.61. The van der Waals surface area contributed by atoms with Gasteiger partial charge < -0.3 is 5.32 Å². The molecule has 1 N–H and O–H groups in total. The molecule has 1 aliphatic carbocycles. The van der Waals surface area contributed by atoms with Crippen LogP contribution in [0.2, 0.25) is 0 Å². The molecule has 0 radical (unpaired) electrons. The highest BCUT2D eigenvalue weighted by atomic mass is 15.2. The second-order valence-electron chi connectivity index (χ2n) is 7.22. The van der Waals surface area contributed by atoms with Crippen molar-refractivity contribution in [1.29, 1.82) is 0 Å². The Bertz CT molecular complexity index is 290. The van der Waals surface area contributed by atoms with Gasteiger partial charge >= 0.3 is 0 Å². The summed E-state index contributed by atoms with van der Waals surface area (Å²) in [6.45, 7) is 14.3. The molecule has 0 spiro atoms. The third-order valence-corrected chi connectivity index (χ3v) is 4.40. The molecule has 2 heteroatoms. The number of likely N-dealkylation sites (tertiary alicyclic amines) is 1. The predicted molar refractivity (Wildman–Crippen MR) is 78.8 cm³/mol. The number of hydrogen-bond donors (Lipinski definition) is 1. The smallest absolute Gasteiger partial charge is 0.0205 e. The standard InChI is InChI=1S/C16H30N2/c1-13(11-17-16(2,3)4)12-18-10-6-8-14-7-5-9-15(14)18/h14-15,17H,1,5-12H2,2-4H3. The maximum absolute atomic E-state index is 4.26. The normalized spacial score (nSPS) is 29.3. The topological polar surface area (TPSA) is 15.3 Å². The third kappa shape index (κ3) is 3.83. The van der Waals surface area contributed by atoms with Gasteiger partial charge in [0.15, 0.2) is 0 Å². The minimum atomic E-state index is 0.195. The number of nitrogens with zero attached hydrogens (tertiary/aromatic N) is 1. The molecule has 0 bridgehead atoms. The van der Waals surface area contributed by atoms with E-state index in [1.807, 2.05) is 0 Å². The molecular formula is C16H30N2. The van der Waals surface area contributed by atoms with Crippen LogP contribution in [0.25, 0.3) is 0 Å². The maximum Gasteiger partial charge on any atom is 0.0205 e. The molecule has 1 saturated carbocycles. The van der Waals surface area contributed by atoms with Crippen LogP contribution in [-0.2, 0) is 0 Å². The molecule has 0 aromatic carbocycles. The Morgan fingerprint density at radius 1 is 1.22 bits per heavy atom. The molecule has 2 nitrogen and oxygen atoms in total. The first-order valence-corrected chi connectivity index (χ1v) is 7.61. The van der Waals surface area contributed by atoms with E-state index in [1.54, 1.807) is 0 Å². The van der Waals surface area contributed by atoms with E-state index in [-0.39, 0.29) is 5.54 Å². The van der Waals surface area contributed by atoms with Crippen molar-refractivity contribution in [3.8, 4) is 0 Å². The molecule has 18 heavy (non-hydrogen) atoms. The highest BCUT2D eigenvalue weighted by molar-refractivity contribution is 5.03. The second-order valence-corrected chi connectivity index (χ2v) is 7.22. The molecule has 2 rings (SSSR count). The van der Waals surface area contributed by atoms with Crippen LogP contribution in [0.3, 0.4) is 0 Å². The van der Waals surface area contributed by atoms with E-state index in [0.29, 0.717) is 0 Å². The lowest BCUT2D eigenvalue weighted by Gasteiger charge is -2.38. The van der Waals surface area contributed by atoms with E-state index in [4.69, 9.17) is 0 Å². The van der Waals surface area contributed by atoms with Crippen molar-refractivity contribution in [2.75, 3.05) is 19.6 Å². The van der Waals surface area contributed by atoms with Crippen molar-refractivity contribution in [3.05, 3.63) is 12.2 Å². The van der Waals surface area contributed by atoms with Crippen molar-refractivity contribution in [1.82, 2.24) is 10.2 Å². The maximum atomic E-state index is 4.26. The van der Waals surface area contributed by atoms with E-state index < -0.39 is 0 Å². The van der Waals surface area contributed by atoms with Gasteiger partial charge in [-0.2, -0.15) is 0 Å². The summed E-state index contributed by atoms with van der Waals surface area (Å²) in [5.74, 6) is 0.988. The zero-order valence-corrected chi connectivity index (χ0v) is 12.5. The third-order valence-electron chi connectivity index (χ3n) is 4.40. The molecule has 2 unspecified atom stereocenters. The largest absolute Gasteiger partial charge is 0.308 e. The van der Waals surface area contributed by atoms with Crippen molar-refractivity contribution in [2.24, 2.45) is 5.92 Å². The summed E-state index contributed by atoms with van der Waals surface area (Å²) in [5, 5.41) is 3.54. The summed E-state index contributed by atoms with van der Waals surface area (Å²) >= 11 is 0. The average molecular weight is 250 g/mol. The fourth-order valence-electron chi connectivity index (χ4n) is 3.49. The molecule has 1 aliphatic heterocycles. The molecular weight excluding hydrogens is 220 g/mol. The average Bonchev–Trinajstić information content (AvgIpc) is 2.74. The SMILES string of the molecule is C=C(CNC(C)(C)C)CN1CCCC2CCCC21. The van der Waals surface area contributed by atoms with Crippen LogP contribution in [0.5, 0.6) is 0 Å². The number of piperidine rings is 1. The van der Waals surface area contributed by atoms with Crippen LogP contribution in [0.1, 0.15) is 52.9 Å². The molecule has 0 amide bonds. The zero-order chi connectivity index (χ0) is 13.2. The van der Waals surface area contributed by atoms with Gasteiger partial charge in [-0.05, 0) is 64.5 Å². The molecule has 2 atom stereocenters. The fourth-order valence-corrected chi connectivity index (χ4v) is 3.49. The van der Waals surface area contributed by atoms with Crippen LogP contribution in [0.15, 0.2) is 12.2 Å². The van der Waals surface area contributed by atoms with Crippen molar-refractivity contribution < 1.29 is 0 Å². The Morgan fingerprint density at radius 2 is 1.94 bits per heavy atom. The lowest BCUT2D eigenvalue weighted by molar-refractivity contribution is 0.123. The van der Waals surface area contributed by atoms with E-state index >= 15 is 0 Å². The molecule has 0 aromatic heterocycles. The van der Waals surface area contributed by atoms with Gasteiger partial charge in [0.25, 0.3) is 0 Å². The first kappa shape index (κ1) is 14.1. The number of rotatable bonds is 4. The quantitative estimate of drug-likeness (QED) is 0.771. The van der Waals surface area contributed by atoms with Crippen LogP contribution in [0, 0.1) is 5.92 Å². The lowest BCUT2D eigenvalue weighted by atomic mass is 9.91. The summed E-state index contributed by atoms with van der Waals surface area (Å²) in [6, 6.07) is 0.866.